The Morgan fingerprint density at radius 3 is 3.00 bits per heavy atom. The molecular formula is C12H21N3S. The summed E-state index contributed by atoms with van der Waals surface area (Å²) in [4.78, 5) is 0. The van der Waals surface area contributed by atoms with Gasteiger partial charge in [-0.05, 0) is 44.6 Å². The Bertz CT molecular complexity index is 342. The van der Waals surface area contributed by atoms with Crippen molar-refractivity contribution >= 4 is 11.8 Å². The van der Waals surface area contributed by atoms with Crippen LogP contribution in [0.1, 0.15) is 25.3 Å². The molecule has 4 heteroatoms. The van der Waals surface area contributed by atoms with Crippen LogP contribution in [0.15, 0.2) is 12.4 Å². The molecule has 0 saturated carbocycles. The molecule has 1 saturated heterocycles. The Kier molecular flexibility index (Phi) is 3.60. The molecule has 1 aliphatic heterocycles. The van der Waals surface area contributed by atoms with Gasteiger partial charge < -0.3 is 5.32 Å². The molecular weight excluding hydrogens is 218 g/mol. The highest BCUT2D eigenvalue weighted by Crippen LogP contribution is 2.41. The fraction of sp³-hybridized carbons (Fsp3) is 0.750. The van der Waals surface area contributed by atoms with Gasteiger partial charge in [0.25, 0.3) is 0 Å². The minimum Gasteiger partial charge on any atom is -0.315 e. The SMILES string of the molecule is CNC(Cc1cnn(C)c1)C1(C)CCCS1. The number of aromatic nitrogens is 2. The summed E-state index contributed by atoms with van der Waals surface area (Å²) in [6.45, 7) is 2.39. The lowest BCUT2D eigenvalue weighted by Crippen LogP contribution is -2.45. The molecule has 0 amide bonds. The molecule has 0 radical (unpaired) electrons. The maximum Gasteiger partial charge on any atom is 0.0522 e. The van der Waals surface area contributed by atoms with Crippen LogP contribution < -0.4 is 5.32 Å². The molecule has 2 rings (SSSR count). The van der Waals surface area contributed by atoms with Crippen molar-refractivity contribution in [1.29, 1.82) is 0 Å². The zero-order valence-corrected chi connectivity index (χ0v) is 11.2. The highest BCUT2D eigenvalue weighted by molar-refractivity contribution is 8.00. The summed E-state index contributed by atoms with van der Waals surface area (Å²) in [6.07, 6.45) is 7.85. The van der Waals surface area contributed by atoms with Crippen LogP contribution in [0.2, 0.25) is 0 Å². The van der Waals surface area contributed by atoms with E-state index in [-0.39, 0.29) is 0 Å². The molecule has 1 aliphatic rings. The van der Waals surface area contributed by atoms with E-state index < -0.39 is 0 Å². The van der Waals surface area contributed by atoms with Gasteiger partial charge in [0.05, 0.1) is 6.20 Å². The van der Waals surface area contributed by atoms with Crippen molar-refractivity contribution in [1.82, 2.24) is 15.1 Å². The van der Waals surface area contributed by atoms with Crippen molar-refractivity contribution in [2.75, 3.05) is 12.8 Å². The number of likely N-dealkylation sites (N-methyl/N-ethyl adjacent to an activating group) is 1. The number of rotatable bonds is 4. The topological polar surface area (TPSA) is 29.9 Å². The molecule has 0 aromatic carbocycles. The molecule has 2 unspecified atom stereocenters. The van der Waals surface area contributed by atoms with Crippen LogP contribution in [0.3, 0.4) is 0 Å². The van der Waals surface area contributed by atoms with Crippen LogP contribution in [0.25, 0.3) is 0 Å². The third-order valence-corrected chi connectivity index (χ3v) is 5.17. The molecule has 16 heavy (non-hydrogen) atoms. The Labute approximate surface area is 102 Å². The van der Waals surface area contributed by atoms with Crippen LogP contribution in [0.5, 0.6) is 0 Å². The van der Waals surface area contributed by atoms with E-state index in [1.165, 1.54) is 24.2 Å². The molecule has 90 valence electrons. The molecule has 1 aromatic rings. The van der Waals surface area contributed by atoms with E-state index in [4.69, 9.17) is 0 Å². The zero-order valence-electron chi connectivity index (χ0n) is 10.4. The first-order valence-corrected chi connectivity index (χ1v) is 6.91. The number of nitrogens with one attached hydrogen (secondary N) is 1. The van der Waals surface area contributed by atoms with E-state index in [2.05, 4.69) is 42.3 Å². The summed E-state index contributed by atoms with van der Waals surface area (Å²) in [5, 5.41) is 7.72. The van der Waals surface area contributed by atoms with Gasteiger partial charge >= 0.3 is 0 Å². The molecule has 1 N–H and O–H groups in total. The Hall–Kier alpha value is -0.480. The van der Waals surface area contributed by atoms with E-state index in [0.717, 1.165) is 6.42 Å². The van der Waals surface area contributed by atoms with Gasteiger partial charge in [0, 0.05) is 24.0 Å². The second-order valence-corrected chi connectivity index (χ2v) is 6.46. The maximum absolute atomic E-state index is 4.24. The summed E-state index contributed by atoms with van der Waals surface area (Å²) in [7, 11) is 4.05. The number of nitrogens with zero attached hydrogens (tertiary/aromatic N) is 2. The molecule has 1 fully saturated rings. The third-order valence-electron chi connectivity index (χ3n) is 3.53. The largest absolute Gasteiger partial charge is 0.315 e. The standard InChI is InChI=1S/C12H21N3S/c1-12(5-4-6-16-12)11(13-2)7-10-8-14-15(3)9-10/h8-9,11,13H,4-7H2,1-3H3. The predicted octanol–water partition coefficient (Wildman–Crippen LogP) is 1.84. The monoisotopic (exact) mass is 239 g/mol. The smallest absolute Gasteiger partial charge is 0.0522 e. The molecule has 0 aliphatic carbocycles. The Morgan fingerprint density at radius 2 is 2.50 bits per heavy atom. The predicted molar refractivity (Wildman–Crippen MR) is 69.9 cm³/mol. The van der Waals surface area contributed by atoms with Crippen molar-refractivity contribution in [3.63, 3.8) is 0 Å². The number of aryl methyl sites for hydroxylation is 1. The minimum absolute atomic E-state index is 0.393. The van der Waals surface area contributed by atoms with Gasteiger partial charge in [0.2, 0.25) is 0 Å². The van der Waals surface area contributed by atoms with Crippen LogP contribution in [0.4, 0.5) is 0 Å². The lowest BCUT2D eigenvalue weighted by Gasteiger charge is -2.33. The quantitative estimate of drug-likeness (QED) is 0.869. The second kappa shape index (κ2) is 4.80. The normalized spacial score (nSPS) is 27.2. The van der Waals surface area contributed by atoms with Gasteiger partial charge in [-0.15, -0.1) is 0 Å². The summed E-state index contributed by atoms with van der Waals surface area (Å²) in [5.74, 6) is 1.31. The molecule has 2 atom stereocenters. The number of thioether (sulfide) groups is 1. The Morgan fingerprint density at radius 1 is 1.69 bits per heavy atom. The number of hydrogen-bond donors (Lipinski definition) is 1. The first-order chi connectivity index (χ1) is 7.64. The maximum atomic E-state index is 4.24. The molecule has 1 aromatic heterocycles. The van der Waals surface area contributed by atoms with E-state index in [1.54, 1.807) is 0 Å². The molecule has 3 nitrogen and oxygen atoms in total. The highest BCUT2D eigenvalue weighted by atomic mass is 32.2. The average Bonchev–Trinajstić information content (AvgIpc) is 2.85. The second-order valence-electron chi connectivity index (χ2n) is 4.83. The lowest BCUT2D eigenvalue weighted by atomic mass is 9.92. The number of hydrogen-bond acceptors (Lipinski definition) is 3. The van der Waals surface area contributed by atoms with Crippen molar-refractivity contribution in [3.05, 3.63) is 18.0 Å². The Balaban J connectivity index is 2.05. The zero-order chi connectivity index (χ0) is 11.6. The molecule has 0 spiro atoms. The van der Waals surface area contributed by atoms with Gasteiger partial charge in [-0.1, -0.05) is 0 Å². The van der Waals surface area contributed by atoms with Crippen molar-refractivity contribution in [3.8, 4) is 0 Å². The van der Waals surface area contributed by atoms with Gasteiger partial charge in [0.1, 0.15) is 0 Å². The summed E-state index contributed by atoms with van der Waals surface area (Å²) >= 11 is 2.11. The van der Waals surface area contributed by atoms with E-state index in [1.807, 2.05) is 17.9 Å². The van der Waals surface area contributed by atoms with Crippen LogP contribution in [-0.2, 0) is 13.5 Å². The summed E-state index contributed by atoms with van der Waals surface area (Å²) in [6, 6.07) is 0.546. The highest BCUT2D eigenvalue weighted by Gasteiger charge is 2.36. The fourth-order valence-electron chi connectivity index (χ4n) is 2.51. The fourth-order valence-corrected chi connectivity index (χ4v) is 3.96. The molecule has 0 bridgehead atoms. The summed E-state index contributed by atoms with van der Waals surface area (Å²) < 4.78 is 2.27. The first-order valence-electron chi connectivity index (χ1n) is 5.93. The van der Waals surface area contributed by atoms with Crippen molar-refractivity contribution < 1.29 is 0 Å². The minimum atomic E-state index is 0.393. The lowest BCUT2D eigenvalue weighted by molar-refractivity contribution is 0.424. The van der Waals surface area contributed by atoms with Crippen LogP contribution in [-0.4, -0.2) is 33.4 Å². The third kappa shape index (κ3) is 2.43. The van der Waals surface area contributed by atoms with E-state index in [9.17, 15) is 0 Å². The first kappa shape index (κ1) is 12.0. The van der Waals surface area contributed by atoms with E-state index >= 15 is 0 Å². The van der Waals surface area contributed by atoms with Gasteiger partial charge in [-0.2, -0.15) is 16.9 Å². The van der Waals surface area contributed by atoms with Gasteiger partial charge in [-0.3, -0.25) is 4.68 Å². The van der Waals surface area contributed by atoms with Crippen molar-refractivity contribution in [2.24, 2.45) is 7.05 Å². The van der Waals surface area contributed by atoms with Gasteiger partial charge in [-0.25, -0.2) is 0 Å². The van der Waals surface area contributed by atoms with Gasteiger partial charge in [0.15, 0.2) is 0 Å². The van der Waals surface area contributed by atoms with Crippen LogP contribution in [0, 0.1) is 0 Å². The van der Waals surface area contributed by atoms with E-state index in [0.29, 0.717) is 10.8 Å². The van der Waals surface area contributed by atoms with Crippen molar-refractivity contribution in [2.45, 2.75) is 37.0 Å². The average molecular weight is 239 g/mol. The summed E-state index contributed by atoms with van der Waals surface area (Å²) in [5.41, 5.74) is 1.33. The molecule has 2 heterocycles. The van der Waals surface area contributed by atoms with Crippen LogP contribution >= 0.6 is 11.8 Å².